The lowest BCUT2D eigenvalue weighted by molar-refractivity contribution is 0.341. The number of rotatable bonds is 6. The highest BCUT2D eigenvalue weighted by molar-refractivity contribution is 8.02. The van der Waals surface area contributed by atoms with Crippen LogP contribution in [0.15, 0.2) is 77.3 Å². The van der Waals surface area contributed by atoms with Crippen LogP contribution in [0.2, 0.25) is 0 Å². The molecule has 3 rings (SSSR count). The molecule has 4 heteroatoms. The molecule has 116 valence electrons. The average Bonchev–Trinajstić information content (AvgIpc) is 3.05. The van der Waals surface area contributed by atoms with Gasteiger partial charge in [0.2, 0.25) is 0 Å². The van der Waals surface area contributed by atoms with E-state index in [-0.39, 0.29) is 0 Å². The quantitative estimate of drug-likeness (QED) is 0.586. The predicted octanol–water partition coefficient (Wildman–Crippen LogP) is 5.17. The van der Waals surface area contributed by atoms with Crippen LogP contribution in [0.25, 0.3) is 17.6 Å². The van der Waals surface area contributed by atoms with Crippen molar-refractivity contribution >= 4 is 18.0 Å². The van der Waals surface area contributed by atoms with E-state index in [1.165, 1.54) is 4.90 Å². The molecule has 0 aliphatic rings. The summed E-state index contributed by atoms with van der Waals surface area (Å²) in [5.74, 6) is 1.73. The van der Waals surface area contributed by atoms with E-state index in [1.807, 2.05) is 66.4 Å². The number of hydrogen-bond donors (Lipinski definition) is 0. The summed E-state index contributed by atoms with van der Waals surface area (Å²) in [7, 11) is 0. The fourth-order valence-corrected chi connectivity index (χ4v) is 2.91. The summed E-state index contributed by atoms with van der Waals surface area (Å²) in [4.78, 5) is 5.69. The lowest BCUT2D eigenvalue weighted by Crippen LogP contribution is -1.97. The molecule has 0 fully saturated rings. The Hall–Kier alpha value is -2.46. The van der Waals surface area contributed by atoms with E-state index >= 15 is 0 Å². The molecule has 0 aliphatic carbocycles. The van der Waals surface area contributed by atoms with Crippen LogP contribution < -0.4 is 4.74 Å². The maximum Gasteiger partial charge on any atom is 0.147 e. The largest absolute Gasteiger partial charge is 0.493 e. The van der Waals surface area contributed by atoms with E-state index < -0.39 is 0 Å². The van der Waals surface area contributed by atoms with Gasteiger partial charge in [0.1, 0.15) is 11.6 Å². The third-order valence-electron chi connectivity index (χ3n) is 3.27. The van der Waals surface area contributed by atoms with Gasteiger partial charge in [0.05, 0.1) is 12.2 Å². The van der Waals surface area contributed by atoms with Crippen molar-refractivity contribution in [1.29, 1.82) is 0 Å². The van der Waals surface area contributed by atoms with Crippen LogP contribution >= 0.6 is 11.8 Å². The van der Waals surface area contributed by atoms with Crippen LogP contribution in [0.5, 0.6) is 5.75 Å². The molecule has 1 heterocycles. The first-order chi connectivity index (χ1) is 11.4. The number of nitrogens with zero attached hydrogens (tertiary/aromatic N) is 2. The lowest BCUT2D eigenvalue weighted by atomic mass is 10.2. The van der Waals surface area contributed by atoms with Crippen molar-refractivity contribution in [2.45, 2.75) is 11.8 Å². The Balaban J connectivity index is 1.83. The molecule has 0 bridgehead atoms. The van der Waals surface area contributed by atoms with Crippen molar-refractivity contribution in [3.8, 4) is 17.1 Å². The minimum Gasteiger partial charge on any atom is -0.493 e. The fourth-order valence-electron chi connectivity index (χ4n) is 2.25. The molecule has 0 amide bonds. The van der Waals surface area contributed by atoms with Gasteiger partial charge in [-0.25, -0.2) is 4.98 Å². The second-order valence-electron chi connectivity index (χ2n) is 4.80. The highest BCUT2D eigenvalue weighted by Gasteiger charge is 2.10. The van der Waals surface area contributed by atoms with Crippen molar-refractivity contribution < 1.29 is 4.74 Å². The monoisotopic (exact) mass is 322 g/mol. The minimum absolute atomic E-state index is 0.636. The van der Waals surface area contributed by atoms with E-state index in [1.54, 1.807) is 18.0 Å². The number of benzene rings is 2. The van der Waals surface area contributed by atoms with E-state index in [2.05, 4.69) is 22.5 Å². The minimum atomic E-state index is 0.636. The molecule has 0 saturated carbocycles. The van der Waals surface area contributed by atoms with E-state index in [0.29, 0.717) is 6.61 Å². The zero-order valence-corrected chi connectivity index (χ0v) is 13.7. The second-order valence-corrected chi connectivity index (χ2v) is 5.78. The first-order valence-electron chi connectivity index (χ1n) is 7.52. The Morgan fingerprint density at radius 1 is 1.09 bits per heavy atom. The molecule has 0 spiro atoms. The maximum atomic E-state index is 5.71. The van der Waals surface area contributed by atoms with Crippen LogP contribution in [0, 0.1) is 0 Å². The summed E-state index contributed by atoms with van der Waals surface area (Å²) < 4.78 is 7.71. The van der Waals surface area contributed by atoms with Crippen LogP contribution in [0.4, 0.5) is 0 Å². The number of hydrogen-bond acceptors (Lipinski definition) is 3. The van der Waals surface area contributed by atoms with Crippen LogP contribution in [0.3, 0.4) is 0 Å². The van der Waals surface area contributed by atoms with Gasteiger partial charge in [0.25, 0.3) is 0 Å². The molecular formula is C19H18N2OS. The van der Waals surface area contributed by atoms with Gasteiger partial charge < -0.3 is 9.30 Å². The summed E-state index contributed by atoms with van der Waals surface area (Å²) in [6.45, 7) is 2.62. The Kier molecular flexibility index (Phi) is 5.17. The molecule has 0 N–H and O–H groups in total. The lowest BCUT2D eigenvalue weighted by Gasteiger charge is -2.09. The standard InChI is InChI=1S/C19H18N2OS/c1-2-22-18-11-7-6-10-17(18)19-20-12-13-21(19)14-15-23-16-8-4-3-5-9-16/h3-15H,2H2,1H3. The van der Waals surface area contributed by atoms with Gasteiger partial charge in [0, 0.05) is 23.5 Å². The maximum absolute atomic E-state index is 5.71. The molecule has 1 aromatic heterocycles. The highest BCUT2D eigenvalue weighted by atomic mass is 32.2. The van der Waals surface area contributed by atoms with Crippen molar-refractivity contribution in [1.82, 2.24) is 9.55 Å². The third-order valence-corrected chi connectivity index (χ3v) is 4.07. The van der Waals surface area contributed by atoms with Crippen LogP contribution in [-0.2, 0) is 0 Å². The fraction of sp³-hybridized carbons (Fsp3) is 0.105. The first kappa shape index (κ1) is 15.4. The molecular weight excluding hydrogens is 304 g/mol. The smallest absolute Gasteiger partial charge is 0.147 e. The molecule has 0 atom stereocenters. The first-order valence-corrected chi connectivity index (χ1v) is 8.40. The second kappa shape index (κ2) is 7.70. The van der Waals surface area contributed by atoms with Gasteiger partial charge in [-0.2, -0.15) is 0 Å². The summed E-state index contributed by atoms with van der Waals surface area (Å²) in [5, 5.41) is 2.06. The van der Waals surface area contributed by atoms with Crippen molar-refractivity contribution in [2.75, 3.05) is 6.61 Å². The Bertz CT molecular complexity index is 781. The van der Waals surface area contributed by atoms with Gasteiger partial charge in [-0.1, -0.05) is 42.1 Å². The molecule has 0 radical (unpaired) electrons. The molecule has 0 unspecified atom stereocenters. The van der Waals surface area contributed by atoms with Gasteiger partial charge in [-0.3, -0.25) is 0 Å². The molecule has 0 aliphatic heterocycles. The van der Waals surface area contributed by atoms with E-state index in [0.717, 1.165) is 17.1 Å². The Labute approximate surface area is 140 Å². The molecule has 0 saturated heterocycles. The topological polar surface area (TPSA) is 27.1 Å². The average molecular weight is 322 g/mol. The van der Waals surface area contributed by atoms with E-state index in [9.17, 15) is 0 Å². The number of thioether (sulfide) groups is 1. The van der Waals surface area contributed by atoms with Crippen LogP contribution in [0.1, 0.15) is 6.92 Å². The summed E-state index contributed by atoms with van der Waals surface area (Å²) in [6, 6.07) is 18.3. The molecule has 23 heavy (non-hydrogen) atoms. The van der Waals surface area contributed by atoms with E-state index in [4.69, 9.17) is 4.74 Å². The van der Waals surface area contributed by atoms with Gasteiger partial charge in [-0.05, 0) is 36.6 Å². The van der Waals surface area contributed by atoms with Crippen LogP contribution in [-0.4, -0.2) is 16.2 Å². The predicted molar refractivity (Wildman–Crippen MR) is 96.5 cm³/mol. The zero-order chi connectivity index (χ0) is 15.9. The molecule has 3 nitrogen and oxygen atoms in total. The van der Waals surface area contributed by atoms with Crippen molar-refractivity contribution in [2.24, 2.45) is 0 Å². The van der Waals surface area contributed by atoms with Gasteiger partial charge in [-0.15, -0.1) is 0 Å². The third kappa shape index (κ3) is 3.85. The zero-order valence-electron chi connectivity index (χ0n) is 12.9. The van der Waals surface area contributed by atoms with Gasteiger partial charge in [0.15, 0.2) is 0 Å². The number of para-hydroxylation sites is 1. The Morgan fingerprint density at radius 3 is 2.70 bits per heavy atom. The summed E-state index contributed by atoms with van der Waals surface area (Å²) in [6.07, 6.45) is 5.76. The summed E-state index contributed by atoms with van der Waals surface area (Å²) in [5.41, 5.74) is 0.994. The molecule has 3 aromatic rings. The van der Waals surface area contributed by atoms with Crippen molar-refractivity contribution in [3.63, 3.8) is 0 Å². The Morgan fingerprint density at radius 2 is 1.87 bits per heavy atom. The number of aromatic nitrogens is 2. The molecule has 2 aromatic carbocycles. The normalized spacial score (nSPS) is 11.0. The summed E-state index contributed by atoms with van der Waals surface area (Å²) >= 11 is 1.68. The van der Waals surface area contributed by atoms with Crippen molar-refractivity contribution in [3.05, 3.63) is 72.4 Å². The van der Waals surface area contributed by atoms with Gasteiger partial charge >= 0.3 is 0 Å². The number of ether oxygens (including phenoxy) is 1. The highest BCUT2D eigenvalue weighted by Crippen LogP contribution is 2.29. The SMILES string of the molecule is CCOc1ccccc1-c1nccn1C=CSc1ccccc1. The number of imidazole rings is 1.